The average Bonchev–Trinajstić information content (AvgIpc) is 2.69. The van der Waals surface area contributed by atoms with Crippen molar-refractivity contribution in [2.75, 3.05) is 18.1 Å². The number of benzene rings is 2. The minimum absolute atomic E-state index is 0.0351. The average molecular weight is 379 g/mol. The first-order valence-corrected chi connectivity index (χ1v) is 7.63. The maximum absolute atomic E-state index is 12.8. The lowest BCUT2D eigenvalue weighted by Gasteiger charge is -2.22. The summed E-state index contributed by atoms with van der Waals surface area (Å²) in [7, 11) is 0. The van der Waals surface area contributed by atoms with Crippen molar-refractivity contribution in [3.8, 4) is 5.75 Å². The first kappa shape index (κ1) is 13.4. The number of nitrogens with zero attached hydrogens (tertiary/aromatic N) is 1. The molecule has 0 saturated carbocycles. The van der Waals surface area contributed by atoms with Crippen LogP contribution in [0.3, 0.4) is 0 Å². The Morgan fingerprint density at radius 2 is 1.85 bits per heavy atom. The molecule has 0 N–H and O–H groups in total. The van der Waals surface area contributed by atoms with Gasteiger partial charge in [-0.1, -0.05) is 24.3 Å². The van der Waals surface area contributed by atoms with E-state index in [2.05, 4.69) is 22.6 Å². The zero-order valence-electron chi connectivity index (χ0n) is 10.9. The summed E-state index contributed by atoms with van der Waals surface area (Å²) >= 11 is 2.20. The van der Waals surface area contributed by atoms with Gasteiger partial charge in [0.2, 0.25) is 0 Å². The smallest absolute Gasteiger partial charge is 0.259 e. The molecule has 4 heteroatoms. The number of halogens is 1. The third kappa shape index (κ3) is 2.52. The van der Waals surface area contributed by atoms with Crippen LogP contribution in [-0.2, 0) is 0 Å². The van der Waals surface area contributed by atoms with Crippen LogP contribution in [0, 0.1) is 3.57 Å². The molecular weight excluding hydrogens is 365 g/mol. The Bertz CT molecular complexity index is 642. The van der Waals surface area contributed by atoms with Gasteiger partial charge in [0.15, 0.2) is 0 Å². The van der Waals surface area contributed by atoms with Crippen LogP contribution in [0.2, 0.25) is 0 Å². The second-order valence-corrected chi connectivity index (χ2v) is 5.77. The van der Waals surface area contributed by atoms with Gasteiger partial charge in [-0.3, -0.25) is 4.79 Å². The lowest BCUT2D eigenvalue weighted by molar-refractivity contribution is 0.0986. The fourth-order valence-corrected chi connectivity index (χ4v) is 2.94. The molecule has 0 fully saturated rings. The van der Waals surface area contributed by atoms with Crippen LogP contribution in [-0.4, -0.2) is 19.1 Å². The zero-order chi connectivity index (χ0) is 13.9. The monoisotopic (exact) mass is 379 g/mol. The predicted molar refractivity (Wildman–Crippen MR) is 87.4 cm³/mol. The number of rotatable bonds is 1. The largest absolute Gasteiger partial charge is 0.491 e. The van der Waals surface area contributed by atoms with Crippen LogP contribution in [0.15, 0.2) is 48.5 Å². The number of carbonyl (C=O) groups excluding carboxylic acids is 1. The summed E-state index contributed by atoms with van der Waals surface area (Å²) in [5, 5.41) is 0. The van der Waals surface area contributed by atoms with Crippen molar-refractivity contribution >= 4 is 34.2 Å². The van der Waals surface area contributed by atoms with Crippen LogP contribution >= 0.6 is 22.6 Å². The van der Waals surface area contributed by atoms with E-state index >= 15 is 0 Å². The van der Waals surface area contributed by atoms with Gasteiger partial charge >= 0.3 is 0 Å². The number of fused-ring (bicyclic) bond motifs is 1. The molecule has 0 aromatic heterocycles. The third-order valence-electron chi connectivity index (χ3n) is 3.29. The molecule has 0 unspecified atom stereocenters. The van der Waals surface area contributed by atoms with E-state index in [0.717, 1.165) is 27.0 Å². The fraction of sp³-hybridized carbons (Fsp3) is 0.188. The maximum atomic E-state index is 12.8. The Balaban J connectivity index is 2.02. The lowest BCUT2D eigenvalue weighted by atomic mass is 10.1. The van der Waals surface area contributed by atoms with Gasteiger partial charge in [-0.15, -0.1) is 0 Å². The molecule has 0 bridgehead atoms. The van der Waals surface area contributed by atoms with Crippen LogP contribution in [0.4, 0.5) is 5.69 Å². The van der Waals surface area contributed by atoms with E-state index in [1.807, 2.05) is 53.4 Å². The van der Waals surface area contributed by atoms with Crippen LogP contribution < -0.4 is 9.64 Å². The molecule has 1 amide bonds. The van der Waals surface area contributed by atoms with Gasteiger partial charge in [-0.05, 0) is 53.3 Å². The minimum Gasteiger partial charge on any atom is -0.491 e. The highest BCUT2D eigenvalue weighted by Crippen LogP contribution is 2.32. The summed E-state index contributed by atoms with van der Waals surface area (Å²) in [4.78, 5) is 14.6. The summed E-state index contributed by atoms with van der Waals surface area (Å²) in [5.74, 6) is 0.817. The predicted octanol–water partition coefficient (Wildman–Crippen LogP) is 3.72. The van der Waals surface area contributed by atoms with E-state index < -0.39 is 0 Å². The van der Waals surface area contributed by atoms with Crippen LogP contribution in [0.25, 0.3) is 0 Å². The molecule has 0 aliphatic carbocycles. The highest BCUT2D eigenvalue weighted by Gasteiger charge is 2.23. The Hall–Kier alpha value is -1.56. The number of amides is 1. The first-order valence-electron chi connectivity index (χ1n) is 6.55. The number of para-hydroxylation sites is 2. The summed E-state index contributed by atoms with van der Waals surface area (Å²) < 4.78 is 6.67. The molecule has 2 aromatic carbocycles. The minimum atomic E-state index is 0.0351. The molecule has 20 heavy (non-hydrogen) atoms. The van der Waals surface area contributed by atoms with Crippen molar-refractivity contribution in [1.82, 2.24) is 0 Å². The summed E-state index contributed by atoms with van der Waals surface area (Å²) in [6.45, 7) is 1.33. The maximum Gasteiger partial charge on any atom is 0.259 e. The van der Waals surface area contributed by atoms with Gasteiger partial charge in [0.05, 0.1) is 17.9 Å². The van der Waals surface area contributed by atoms with Crippen molar-refractivity contribution in [2.45, 2.75) is 6.42 Å². The van der Waals surface area contributed by atoms with Crippen LogP contribution in [0.5, 0.6) is 5.75 Å². The molecule has 0 spiro atoms. The normalized spacial score (nSPS) is 14.2. The first-order chi connectivity index (χ1) is 9.77. The summed E-state index contributed by atoms with van der Waals surface area (Å²) in [5.41, 5.74) is 1.60. The van der Waals surface area contributed by atoms with Crippen molar-refractivity contribution in [1.29, 1.82) is 0 Å². The van der Waals surface area contributed by atoms with Gasteiger partial charge < -0.3 is 9.64 Å². The Kier molecular flexibility index (Phi) is 3.91. The van der Waals surface area contributed by atoms with Crippen molar-refractivity contribution in [2.24, 2.45) is 0 Å². The number of ether oxygens (including phenoxy) is 1. The second-order valence-electron chi connectivity index (χ2n) is 4.61. The Morgan fingerprint density at radius 3 is 2.70 bits per heavy atom. The molecule has 0 saturated heterocycles. The summed E-state index contributed by atoms with van der Waals surface area (Å²) in [6.07, 6.45) is 0.837. The summed E-state index contributed by atoms with van der Waals surface area (Å²) in [6, 6.07) is 15.4. The van der Waals surface area contributed by atoms with Gasteiger partial charge in [0.1, 0.15) is 5.75 Å². The van der Waals surface area contributed by atoms with E-state index in [4.69, 9.17) is 4.74 Å². The van der Waals surface area contributed by atoms with Crippen molar-refractivity contribution in [3.63, 3.8) is 0 Å². The van der Waals surface area contributed by atoms with E-state index in [1.54, 1.807) is 0 Å². The number of hydrogen-bond acceptors (Lipinski definition) is 2. The van der Waals surface area contributed by atoms with Crippen molar-refractivity contribution in [3.05, 3.63) is 57.7 Å². The molecule has 0 radical (unpaired) electrons. The fourth-order valence-electron chi connectivity index (χ4n) is 2.32. The highest BCUT2D eigenvalue weighted by atomic mass is 127. The Labute approximate surface area is 131 Å². The van der Waals surface area contributed by atoms with Gasteiger partial charge in [0.25, 0.3) is 5.91 Å². The van der Waals surface area contributed by atoms with Gasteiger partial charge in [-0.25, -0.2) is 0 Å². The molecule has 3 rings (SSSR count). The van der Waals surface area contributed by atoms with E-state index in [1.165, 1.54) is 0 Å². The molecular formula is C16H14INO2. The standard InChI is InChI=1S/C16H14INO2/c17-13-7-2-1-6-12(13)16(19)18-10-5-11-20-15-9-4-3-8-14(15)18/h1-4,6-9H,5,10-11H2. The van der Waals surface area contributed by atoms with E-state index in [-0.39, 0.29) is 5.91 Å². The number of anilines is 1. The molecule has 0 atom stereocenters. The van der Waals surface area contributed by atoms with E-state index in [9.17, 15) is 4.79 Å². The van der Waals surface area contributed by atoms with E-state index in [0.29, 0.717) is 13.2 Å². The second kappa shape index (κ2) is 5.83. The molecule has 3 nitrogen and oxygen atoms in total. The SMILES string of the molecule is O=C(c1ccccc1I)N1CCCOc2ccccc21. The lowest BCUT2D eigenvalue weighted by Crippen LogP contribution is -2.32. The third-order valence-corrected chi connectivity index (χ3v) is 4.23. The van der Waals surface area contributed by atoms with Gasteiger partial charge in [-0.2, -0.15) is 0 Å². The molecule has 1 aliphatic rings. The topological polar surface area (TPSA) is 29.5 Å². The van der Waals surface area contributed by atoms with Gasteiger partial charge in [0, 0.05) is 10.1 Å². The Morgan fingerprint density at radius 1 is 1.10 bits per heavy atom. The molecule has 1 heterocycles. The molecule has 1 aliphatic heterocycles. The van der Waals surface area contributed by atoms with Crippen molar-refractivity contribution < 1.29 is 9.53 Å². The molecule has 102 valence electrons. The number of hydrogen-bond donors (Lipinski definition) is 0. The van der Waals surface area contributed by atoms with Crippen LogP contribution in [0.1, 0.15) is 16.8 Å². The molecule has 2 aromatic rings. The highest BCUT2D eigenvalue weighted by molar-refractivity contribution is 14.1. The zero-order valence-corrected chi connectivity index (χ0v) is 13.0. The number of carbonyl (C=O) groups is 1. The quantitative estimate of drug-likeness (QED) is 0.707.